The van der Waals surface area contributed by atoms with Crippen LogP contribution < -0.4 is 0 Å². The van der Waals surface area contributed by atoms with E-state index in [-0.39, 0.29) is 17.7 Å². The van der Waals surface area contributed by atoms with Crippen LogP contribution in [-0.4, -0.2) is 53.3 Å². The van der Waals surface area contributed by atoms with E-state index in [9.17, 15) is 9.59 Å². The van der Waals surface area contributed by atoms with Crippen molar-refractivity contribution < 1.29 is 9.59 Å². The van der Waals surface area contributed by atoms with Crippen molar-refractivity contribution in [1.29, 1.82) is 0 Å². The molecule has 2 atom stereocenters. The minimum Gasteiger partial charge on any atom is -0.345 e. The molecular formula is C18H21N3O2S. The van der Waals surface area contributed by atoms with E-state index in [1.807, 2.05) is 23.1 Å². The number of fused-ring (bicyclic) bond motifs is 1. The zero-order chi connectivity index (χ0) is 16.7. The smallest absolute Gasteiger partial charge is 0.228 e. The van der Waals surface area contributed by atoms with Crippen LogP contribution in [0.2, 0.25) is 0 Å². The number of hydrogen-bond donors (Lipinski definition) is 0. The van der Waals surface area contributed by atoms with E-state index in [1.165, 1.54) is 4.70 Å². The third-order valence-electron chi connectivity index (χ3n) is 5.08. The van der Waals surface area contributed by atoms with Crippen LogP contribution >= 0.6 is 11.3 Å². The van der Waals surface area contributed by atoms with Crippen molar-refractivity contribution in [3.63, 3.8) is 0 Å². The van der Waals surface area contributed by atoms with E-state index in [0.29, 0.717) is 18.9 Å². The van der Waals surface area contributed by atoms with Gasteiger partial charge >= 0.3 is 0 Å². The monoisotopic (exact) mass is 343 g/mol. The van der Waals surface area contributed by atoms with Crippen LogP contribution in [0.5, 0.6) is 0 Å². The number of aromatic nitrogens is 1. The second-order valence-electron chi connectivity index (χ2n) is 6.82. The van der Waals surface area contributed by atoms with E-state index in [0.717, 1.165) is 36.5 Å². The highest BCUT2D eigenvalue weighted by atomic mass is 32.1. The molecule has 0 spiro atoms. The molecule has 1 aromatic heterocycles. The molecule has 4 rings (SSSR count). The highest BCUT2D eigenvalue weighted by molar-refractivity contribution is 7.18. The molecule has 0 unspecified atom stereocenters. The fourth-order valence-electron chi connectivity index (χ4n) is 3.73. The number of thiazole rings is 1. The lowest BCUT2D eigenvalue weighted by Crippen LogP contribution is -2.42. The maximum absolute atomic E-state index is 12.8. The Labute approximate surface area is 145 Å². The van der Waals surface area contributed by atoms with Crippen LogP contribution in [0.4, 0.5) is 0 Å². The number of rotatable bonds is 2. The Morgan fingerprint density at radius 1 is 1.29 bits per heavy atom. The third-order valence-corrected chi connectivity index (χ3v) is 6.28. The van der Waals surface area contributed by atoms with Gasteiger partial charge in [0.1, 0.15) is 0 Å². The van der Waals surface area contributed by atoms with Crippen molar-refractivity contribution in [3.05, 3.63) is 29.3 Å². The van der Waals surface area contributed by atoms with Crippen LogP contribution in [0.1, 0.15) is 30.2 Å². The molecule has 5 nitrogen and oxygen atoms in total. The van der Waals surface area contributed by atoms with Crippen LogP contribution in [0.25, 0.3) is 10.2 Å². The molecule has 2 amide bonds. The Kier molecular flexibility index (Phi) is 4.00. The standard InChI is InChI=1S/C18H21N3O2S/c1-20-10-13(9-16(20)22)18(23)21-8-4-5-12(11-21)17-19-14-6-2-3-7-15(14)24-17/h2-3,6-7,12-13H,4-5,8-11H2,1H3/t12-,13-/m0/s1. The molecule has 2 aromatic rings. The van der Waals surface area contributed by atoms with Gasteiger partial charge in [0, 0.05) is 39.0 Å². The first-order valence-electron chi connectivity index (χ1n) is 8.50. The number of carbonyl (C=O) groups is 2. The van der Waals surface area contributed by atoms with Gasteiger partial charge in [0.25, 0.3) is 0 Å². The van der Waals surface area contributed by atoms with E-state index in [1.54, 1.807) is 23.3 Å². The average molecular weight is 343 g/mol. The highest BCUT2D eigenvalue weighted by Crippen LogP contribution is 2.33. The number of amides is 2. The van der Waals surface area contributed by atoms with Crippen molar-refractivity contribution in [2.75, 3.05) is 26.7 Å². The Hall–Kier alpha value is -1.95. The molecule has 3 heterocycles. The third kappa shape index (κ3) is 2.79. The fraction of sp³-hybridized carbons (Fsp3) is 0.500. The lowest BCUT2D eigenvalue weighted by Gasteiger charge is -2.33. The molecule has 0 N–H and O–H groups in total. The summed E-state index contributed by atoms with van der Waals surface area (Å²) in [5.74, 6) is 0.359. The summed E-state index contributed by atoms with van der Waals surface area (Å²) in [4.78, 5) is 32.9. The molecule has 2 aliphatic heterocycles. The van der Waals surface area contributed by atoms with Gasteiger partial charge in [0.15, 0.2) is 0 Å². The first-order chi connectivity index (χ1) is 11.6. The number of nitrogens with zero attached hydrogens (tertiary/aromatic N) is 3. The van der Waals surface area contributed by atoms with Crippen molar-refractivity contribution >= 4 is 33.4 Å². The van der Waals surface area contributed by atoms with Crippen molar-refractivity contribution in [2.24, 2.45) is 5.92 Å². The van der Waals surface area contributed by atoms with Gasteiger partial charge in [-0.05, 0) is 25.0 Å². The lowest BCUT2D eigenvalue weighted by molar-refractivity contribution is -0.137. The fourth-order valence-corrected chi connectivity index (χ4v) is 4.82. The normalized spacial score (nSPS) is 24.8. The Bertz CT molecular complexity index is 754. The van der Waals surface area contributed by atoms with Gasteiger partial charge in [-0.25, -0.2) is 4.98 Å². The Balaban J connectivity index is 1.49. The summed E-state index contributed by atoms with van der Waals surface area (Å²) >= 11 is 1.74. The lowest BCUT2D eigenvalue weighted by atomic mass is 9.96. The molecule has 1 aromatic carbocycles. The van der Waals surface area contributed by atoms with Gasteiger partial charge in [0.05, 0.1) is 21.1 Å². The number of hydrogen-bond acceptors (Lipinski definition) is 4. The van der Waals surface area contributed by atoms with Crippen LogP contribution in [0, 0.1) is 5.92 Å². The average Bonchev–Trinajstić information content (AvgIpc) is 3.18. The number of carbonyl (C=O) groups excluding carboxylic acids is 2. The van der Waals surface area contributed by atoms with E-state index in [2.05, 4.69) is 6.07 Å². The molecule has 0 saturated carbocycles. The summed E-state index contributed by atoms with van der Waals surface area (Å²) in [6.45, 7) is 2.08. The number of benzene rings is 1. The maximum atomic E-state index is 12.8. The summed E-state index contributed by atoms with van der Waals surface area (Å²) in [7, 11) is 1.77. The molecule has 24 heavy (non-hydrogen) atoms. The van der Waals surface area contributed by atoms with Crippen molar-refractivity contribution in [2.45, 2.75) is 25.2 Å². The topological polar surface area (TPSA) is 53.5 Å². The van der Waals surface area contributed by atoms with E-state index in [4.69, 9.17) is 4.98 Å². The number of likely N-dealkylation sites (tertiary alicyclic amines) is 2. The van der Waals surface area contributed by atoms with Crippen molar-refractivity contribution in [1.82, 2.24) is 14.8 Å². The van der Waals surface area contributed by atoms with E-state index >= 15 is 0 Å². The highest BCUT2D eigenvalue weighted by Gasteiger charge is 2.36. The van der Waals surface area contributed by atoms with Crippen molar-refractivity contribution in [3.8, 4) is 0 Å². The van der Waals surface area contributed by atoms with Gasteiger partial charge in [-0.1, -0.05) is 12.1 Å². The molecule has 126 valence electrons. The molecule has 0 aliphatic carbocycles. The molecule has 6 heteroatoms. The molecular weight excluding hydrogens is 322 g/mol. The Morgan fingerprint density at radius 2 is 2.12 bits per heavy atom. The Morgan fingerprint density at radius 3 is 2.88 bits per heavy atom. The van der Waals surface area contributed by atoms with Gasteiger partial charge in [-0.15, -0.1) is 11.3 Å². The summed E-state index contributed by atoms with van der Waals surface area (Å²) in [5.41, 5.74) is 1.05. The first kappa shape index (κ1) is 15.6. The SMILES string of the molecule is CN1C[C@@H](C(=O)N2CCC[C@H](c3nc4ccccc4s3)C2)CC1=O. The summed E-state index contributed by atoms with van der Waals surface area (Å²) in [6.07, 6.45) is 2.44. The summed E-state index contributed by atoms with van der Waals surface area (Å²) in [6, 6.07) is 8.19. The second-order valence-corrected chi connectivity index (χ2v) is 7.88. The quantitative estimate of drug-likeness (QED) is 0.842. The first-order valence-corrected chi connectivity index (χ1v) is 9.31. The van der Waals surface area contributed by atoms with Crippen LogP contribution in [0.3, 0.4) is 0 Å². The largest absolute Gasteiger partial charge is 0.345 e. The van der Waals surface area contributed by atoms with Crippen LogP contribution in [0.15, 0.2) is 24.3 Å². The minimum absolute atomic E-state index is 0.0769. The number of piperidine rings is 1. The molecule has 2 aliphatic rings. The predicted octanol–water partition coefficient (Wildman–Crippen LogP) is 2.48. The molecule has 2 saturated heterocycles. The molecule has 0 radical (unpaired) electrons. The zero-order valence-electron chi connectivity index (χ0n) is 13.8. The zero-order valence-corrected chi connectivity index (χ0v) is 14.6. The minimum atomic E-state index is -0.170. The maximum Gasteiger partial charge on any atom is 0.228 e. The van der Waals surface area contributed by atoms with Gasteiger partial charge in [-0.3, -0.25) is 9.59 Å². The predicted molar refractivity (Wildman–Crippen MR) is 93.9 cm³/mol. The number of para-hydroxylation sites is 1. The molecule has 2 fully saturated rings. The van der Waals surface area contributed by atoms with Gasteiger partial charge < -0.3 is 9.80 Å². The van der Waals surface area contributed by atoms with Gasteiger partial charge in [-0.2, -0.15) is 0 Å². The van der Waals surface area contributed by atoms with E-state index < -0.39 is 0 Å². The second kappa shape index (κ2) is 6.16. The summed E-state index contributed by atoms with van der Waals surface area (Å²) in [5, 5.41) is 1.13. The van der Waals surface area contributed by atoms with Crippen LogP contribution in [-0.2, 0) is 9.59 Å². The molecule has 0 bridgehead atoms. The summed E-state index contributed by atoms with van der Waals surface area (Å²) < 4.78 is 1.21. The van der Waals surface area contributed by atoms with Gasteiger partial charge in [0.2, 0.25) is 11.8 Å².